The number of nitrogens with zero attached hydrogens (tertiary/aromatic N) is 1. The SMILES string of the molecule is C1=C(N(c2ccc(-c3ccccc3)cc2)c2cccc3c2-c2ccccc2C32c3ccccc3-c3ccccc32)CNc2c1sc1c2ccc2ccccc21. The van der Waals surface area contributed by atoms with Gasteiger partial charge in [-0.2, -0.15) is 0 Å². The molecule has 0 amide bonds. The van der Waals surface area contributed by atoms with E-state index < -0.39 is 5.41 Å². The Hall–Kier alpha value is -6.68. The minimum Gasteiger partial charge on any atom is -0.378 e. The van der Waals surface area contributed by atoms with Gasteiger partial charge in [0.25, 0.3) is 0 Å². The minimum atomic E-state index is -0.406. The van der Waals surface area contributed by atoms with Crippen molar-refractivity contribution in [3.63, 3.8) is 0 Å². The zero-order valence-corrected chi connectivity index (χ0v) is 30.8. The smallest absolute Gasteiger partial charge is 0.0726 e. The van der Waals surface area contributed by atoms with E-state index in [2.05, 4.69) is 198 Å². The van der Waals surface area contributed by atoms with Gasteiger partial charge >= 0.3 is 0 Å². The summed E-state index contributed by atoms with van der Waals surface area (Å²) in [6.07, 6.45) is 2.44. The first-order valence-electron chi connectivity index (χ1n) is 19.1. The molecule has 0 saturated heterocycles. The predicted molar refractivity (Wildman–Crippen MR) is 233 cm³/mol. The second-order valence-electron chi connectivity index (χ2n) is 14.8. The van der Waals surface area contributed by atoms with Gasteiger partial charge < -0.3 is 10.2 Å². The third-order valence-corrected chi connectivity index (χ3v) is 13.3. The van der Waals surface area contributed by atoms with Crippen LogP contribution in [-0.2, 0) is 5.41 Å². The molecule has 1 spiro atoms. The highest BCUT2D eigenvalue weighted by atomic mass is 32.1. The standard InChI is InChI=1S/C52H34N2S/c1-2-13-33(14-3-1)34-25-28-36(29-26-34)54(37-31-48-50(53-32-37)42-30-27-35-15-4-5-16-38(35)51(42)55-48)47-24-12-23-46-49(47)41-19-8-11-22-45(41)52(46)43-20-9-6-17-39(43)40-18-7-10-21-44(40)52/h1-31,53H,32H2. The predicted octanol–water partition coefficient (Wildman–Crippen LogP) is 13.7. The van der Waals surface area contributed by atoms with Crippen molar-refractivity contribution < 1.29 is 0 Å². The molecule has 2 heterocycles. The third kappa shape index (κ3) is 4.24. The van der Waals surface area contributed by atoms with E-state index in [1.165, 1.54) is 98.4 Å². The number of anilines is 3. The van der Waals surface area contributed by atoms with E-state index in [-0.39, 0.29) is 0 Å². The van der Waals surface area contributed by atoms with Crippen molar-refractivity contribution in [3.05, 3.63) is 215 Å². The monoisotopic (exact) mass is 718 g/mol. The maximum atomic E-state index is 3.92. The topological polar surface area (TPSA) is 15.3 Å². The molecular weight excluding hydrogens is 685 g/mol. The molecule has 0 bridgehead atoms. The largest absolute Gasteiger partial charge is 0.378 e. The summed E-state index contributed by atoms with van der Waals surface area (Å²) in [7, 11) is 0. The van der Waals surface area contributed by atoms with Crippen LogP contribution >= 0.6 is 11.3 Å². The molecule has 3 aliphatic rings. The number of hydrogen-bond acceptors (Lipinski definition) is 3. The van der Waals surface area contributed by atoms with Crippen LogP contribution in [0.15, 0.2) is 188 Å². The molecule has 258 valence electrons. The van der Waals surface area contributed by atoms with E-state index in [1.54, 1.807) is 0 Å². The van der Waals surface area contributed by atoms with Crippen LogP contribution in [0, 0.1) is 0 Å². The second-order valence-corrected chi connectivity index (χ2v) is 15.9. The maximum Gasteiger partial charge on any atom is 0.0726 e. The first-order valence-corrected chi connectivity index (χ1v) is 19.9. The van der Waals surface area contributed by atoms with Gasteiger partial charge in [0.1, 0.15) is 0 Å². The van der Waals surface area contributed by atoms with Crippen molar-refractivity contribution in [1.82, 2.24) is 0 Å². The van der Waals surface area contributed by atoms with Crippen molar-refractivity contribution in [2.75, 3.05) is 16.8 Å². The van der Waals surface area contributed by atoms with Crippen LogP contribution in [0.2, 0.25) is 0 Å². The van der Waals surface area contributed by atoms with Crippen molar-refractivity contribution in [3.8, 4) is 33.4 Å². The molecule has 2 aliphatic carbocycles. The fourth-order valence-electron chi connectivity index (χ4n) is 9.86. The highest BCUT2D eigenvalue weighted by molar-refractivity contribution is 7.21. The van der Waals surface area contributed by atoms with E-state index in [0.29, 0.717) is 6.54 Å². The quantitative estimate of drug-likeness (QED) is 0.195. The minimum absolute atomic E-state index is 0.406. The lowest BCUT2D eigenvalue weighted by Crippen LogP contribution is -2.27. The second kappa shape index (κ2) is 11.7. The van der Waals surface area contributed by atoms with Crippen molar-refractivity contribution in [2.24, 2.45) is 0 Å². The highest BCUT2D eigenvalue weighted by Crippen LogP contribution is 2.64. The van der Waals surface area contributed by atoms with Crippen LogP contribution in [0.5, 0.6) is 0 Å². The van der Waals surface area contributed by atoms with Gasteiger partial charge in [0, 0.05) is 27.0 Å². The van der Waals surface area contributed by atoms with Gasteiger partial charge in [0.2, 0.25) is 0 Å². The average Bonchev–Trinajstić information content (AvgIpc) is 3.89. The summed E-state index contributed by atoms with van der Waals surface area (Å²) in [6.45, 7) is 0.703. The fraction of sp³-hybridized carbons (Fsp3) is 0.0385. The van der Waals surface area contributed by atoms with E-state index in [0.717, 1.165) is 5.69 Å². The Bertz CT molecular complexity index is 3000. The highest BCUT2D eigenvalue weighted by Gasteiger charge is 2.52. The Balaban J connectivity index is 1.11. The van der Waals surface area contributed by atoms with Crippen LogP contribution in [-0.4, -0.2) is 6.54 Å². The van der Waals surface area contributed by atoms with Gasteiger partial charge in [0.15, 0.2) is 0 Å². The third-order valence-electron chi connectivity index (χ3n) is 12.1. The van der Waals surface area contributed by atoms with Crippen LogP contribution in [0.4, 0.5) is 17.1 Å². The molecule has 0 radical (unpaired) electrons. The molecule has 0 saturated carbocycles. The molecule has 1 aliphatic heterocycles. The Morgan fingerprint density at radius 1 is 0.491 bits per heavy atom. The van der Waals surface area contributed by atoms with Crippen LogP contribution < -0.4 is 10.2 Å². The normalized spacial score (nSPS) is 14.1. The van der Waals surface area contributed by atoms with Gasteiger partial charge in [-0.05, 0) is 85.1 Å². The average molecular weight is 719 g/mol. The number of rotatable bonds is 4. The summed E-state index contributed by atoms with van der Waals surface area (Å²) in [5.74, 6) is 0. The van der Waals surface area contributed by atoms with Crippen LogP contribution in [0.3, 0.4) is 0 Å². The number of nitrogens with one attached hydrogen (secondary N) is 1. The molecule has 0 atom stereocenters. The maximum absolute atomic E-state index is 3.92. The molecule has 0 unspecified atom stereocenters. The molecular formula is C52H34N2S. The molecule has 55 heavy (non-hydrogen) atoms. The van der Waals surface area contributed by atoms with E-state index in [1.807, 2.05) is 11.3 Å². The lowest BCUT2D eigenvalue weighted by Gasteiger charge is -2.33. The van der Waals surface area contributed by atoms with Gasteiger partial charge in [0.05, 0.1) is 28.2 Å². The summed E-state index contributed by atoms with van der Waals surface area (Å²) in [6, 6.07) is 67.3. The van der Waals surface area contributed by atoms with Gasteiger partial charge in [-0.1, -0.05) is 164 Å². The lowest BCUT2D eigenvalue weighted by atomic mass is 9.70. The molecule has 0 fully saturated rings. The Labute approximate surface area is 324 Å². The Kier molecular flexibility index (Phi) is 6.52. The van der Waals surface area contributed by atoms with E-state index >= 15 is 0 Å². The van der Waals surface area contributed by atoms with Gasteiger partial charge in [-0.3, -0.25) is 0 Å². The summed E-state index contributed by atoms with van der Waals surface area (Å²) in [5.41, 5.74) is 17.5. The number of thiophene rings is 1. The molecule has 2 nitrogen and oxygen atoms in total. The molecule has 8 aromatic carbocycles. The zero-order valence-electron chi connectivity index (χ0n) is 30.0. The molecule has 1 N–H and O–H groups in total. The Morgan fingerprint density at radius 2 is 1.11 bits per heavy atom. The number of benzene rings is 8. The van der Waals surface area contributed by atoms with Crippen molar-refractivity contribution in [1.29, 1.82) is 0 Å². The van der Waals surface area contributed by atoms with Crippen molar-refractivity contribution in [2.45, 2.75) is 5.41 Å². The first-order chi connectivity index (χ1) is 27.3. The van der Waals surface area contributed by atoms with E-state index in [4.69, 9.17) is 0 Å². The Morgan fingerprint density at radius 3 is 1.87 bits per heavy atom. The van der Waals surface area contributed by atoms with Crippen LogP contribution in [0.25, 0.3) is 60.3 Å². The van der Waals surface area contributed by atoms with Crippen molar-refractivity contribution >= 4 is 55.3 Å². The zero-order chi connectivity index (χ0) is 36.1. The summed E-state index contributed by atoms with van der Waals surface area (Å²) < 4.78 is 1.34. The first kappa shape index (κ1) is 30.7. The fourth-order valence-corrected chi connectivity index (χ4v) is 11.1. The number of fused-ring (bicyclic) bond motifs is 15. The number of hydrogen-bond donors (Lipinski definition) is 1. The van der Waals surface area contributed by atoms with Gasteiger partial charge in [-0.15, -0.1) is 11.3 Å². The lowest BCUT2D eigenvalue weighted by molar-refractivity contribution is 0.793. The summed E-state index contributed by atoms with van der Waals surface area (Å²) >= 11 is 1.89. The molecule has 3 heteroatoms. The summed E-state index contributed by atoms with van der Waals surface area (Å²) in [5, 5.41) is 7.80. The summed E-state index contributed by atoms with van der Waals surface area (Å²) in [4.78, 5) is 3.79. The van der Waals surface area contributed by atoms with Crippen LogP contribution in [0.1, 0.15) is 27.1 Å². The molecule has 9 aromatic rings. The van der Waals surface area contributed by atoms with E-state index in [9.17, 15) is 0 Å². The van der Waals surface area contributed by atoms with Gasteiger partial charge in [-0.25, -0.2) is 0 Å². The molecule has 12 rings (SSSR count). The molecule has 1 aromatic heterocycles.